The van der Waals surface area contributed by atoms with Gasteiger partial charge in [0.2, 0.25) is 0 Å². The molecule has 1 aliphatic rings. The summed E-state index contributed by atoms with van der Waals surface area (Å²) in [6, 6.07) is 6.70. The first-order valence-corrected chi connectivity index (χ1v) is 6.51. The van der Waals surface area contributed by atoms with Crippen LogP contribution in [0, 0.1) is 5.82 Å². The topological polar surface area (TPSA) is 35.5 Å². The van der Waals surface area contributed by atoms with Gasteiger partial charge >= 0.3 is 0 Å². The molecule has 100 valence electrons. The number of nitrogens with one attached hydrogen (secondary N) is 1. The van der Waals surface area contributed by atoms with Gasteiger partial charge in [-0.2, -0.15) is 0 Å². The lowest BCUT2D eigenvalue weighted by Gasteiger charge is -2.21. The Kier molecular flexibility index (Phi) is 4.69. The summed E-state index contributed by atoms with van der Waals surface area (Å²) in [7, 11) is 2.13. The van der Waals surface area contributed by atoms with Crippen molar-refractivity contribution in [1.29, 1.82) is 0 Å². The van der Waals surface area contributed by atoms with E-state index in [1.807, 2.05) is 0 Å². The highest BCUT2D eigenvalue weighted by molar-refractivity contribution is 5.18. The molecule has 4 heteroatoms. The van der Waals surface area contributed by atoms with Gasteiger partial charge in [-0.1, -0.05) is 12.1 Å². The molecule has 1 aromatic carbocycles. The fourth-order valence-electron chi connectivity index (χ4n) is 2.46. The van der Waals surface area contributed by atoms with Gasteiger partial charge in [0.1, 0.15) is 5.82 Å². The number of rotatable bonds is 5. The molecule has 2 unspecified atom stereocenters. The highest BCUT2D eigenvalue weighted by Crippen LogP contribution is 2.15. The number of likely N-dealkylation sites (N-methyl/N-ethyl adjacent to an activating group) is 1. The van der Waals surface area contributed by atoms with Gasteiger partial charge in [0.05, 0.1) is 6.10 Å². The average Bonchev–Trinajstić information content (AvgIpc) is 2.75. The van der Waals surface area contributed by atoms with Crippen LogP contribution in [0.4, 0.5) is 4.39 Å². The van der Waals surface area contributed by atoms with Crippen LogP contribution in [-0.2, 0) is 0 Å². The van der Waals surface area contributed by atoms with Crippen molar-refractivity contribution in [2.75, 3.05) is 26.7 Å². The normalized spacial score (nSPS) is 22.3. The second-order valence-electron chi connectivity index (χ2n) is 5.01. The van der Waals surface area contributed by atoms with Crippen molar-refractivity contribution in [2.45, 2.75) is 25.0 Å². The minimum absolute atomic E-state index is 0.304. The van der Waals surface area contributed by atoms with Crippen molar-refractivity contribution in [2.24, 2.45) is 0 Å². The maximum absolute atomic E-state index is 13.0. The summed E-state index contributed by atoms with van der Waals surface area (Å²) < 4.78 is 13.0. The fraction of sp³-hybridized carbons (Fsp3) is 0.571. The predicted octanol–water partition coefficient (Wildman–Crippen LogP) is 1.54. The Hall–Kier alpha value is -0.970. The molecule has 1 saturated heterocycles. The SMILES string of the molecule is CN1CCCC1CNCC(O)c1cccc(F)c1. The number of hydrogen-bond acceptors (Lipinski definition) is 3. The lowest BCUT2D eigenvalue weighted by atomic mass is 10.1. The second-order valence-corrected chi connectivity index (χ2v) is 5.01. The van der Waals surface area contributed by atoms with E-state index in [1.165, 1.54) is 25.0 Å². The molecule has 2 rings (SSSR count). The molecule has 1 fully saturated rings. The Labute approximate surface area is 108 Å². The van der Waals surface area contributed by atoms with Gasteiger partial charge in [0.15, 0.2) is 0 Å². The Morgan fingerprint density at radius 3 is 3.06 bits per heavy atom. The van der Waals surface area contributed by atoms with E-state index in [1.54, 1.807) is 12.1 Å². The van der Waals surface area contributed by atoms with Gasteiger partial charge in [-0.15, -0.1) is 0 Å². The molecule has 1 aromatic rings. The number of likely N-dealkylation sites (tertiary alicyclic amines) is 1. The third-order valence-corrected chi connectivity index (χ3v) is 3.62. The van der Waals surface area contributed by atoms with Crippen LogP contribution < -0.4 is 5.32 Å². The molecule has 0 radical (unpaired) electrons. The molecule has 0 aromatic heterocycles. The largest absolute Gasteiger partial charge is 0.387 e. The van der Waals surface area contributed by atoms with Crippen LogP contribution in [0.25, 0.3) is 0 Å². The van der Waals surface area contributed by atoms with Crippen molar-refractivity contribution in [3.8, 4) is 0 Å². The minimum atomic E-state index is -0.646. The van der Waals surface area contributed by atoms with Gasteiger partial charge in [-0.05, 0) is 44.1 Å². The minimum Gasteiger partial charge on any atom is -0.387 e. The molecule has 0 aliphatic carbocycles. The Balaban J connectivity index is 1.76. The van der Waals surface area contributed by atoms with E-state index in [0.29, 0.717) is 18.2 Å². The number of aliphatic hydroxyl groups is 1. The molecule has 2 N–H and O–H groups in total. The summed E-state index contributed by atoms with van der Waals surface area (Å²) in [5.74, 6) is -0.304. The predicted molar refractivity (Wildman–Crippen MR) is 69.9 cm³/mol. The monoisotopic (exact) mass is 252 g/mol. The summed E-state index contributed by atoms with van der Waals surface area (Å²) >= 11 is 0. The van der Waals surface area contributed by atoms with Gasteiger partial charge in [0, 0.05) is 19.1 Å². The van der Waals surface area contributed by atoms with E-state index in [9.17, 15) is 9.50 Å². The number of hydrogen-bond donors (Lipinski definition) is 2. The van der Waals surface area contributed by atoms with Gasteiger partial charge in [0.25, 0.3) is 0 Å². The smallest absolute Gasteiger partial charge is 0.123 e. The number of benzene rings is 1. The molecule has 0 amide bonds. The average molecular weight is 252 g/mol. The van der Waals surface area contributed by atoms with E-state index in [-0.39, 0.29) is 5.82 Å². The molecular weight excluding hydrogens is 231 g/mol. The standard InChI is InChI=1S/C14H21FN2O/c1-17-7-3-6-13(17)9-16-10-14(18)11-4-2-5-12(15)8-11/h2,4-5,8,13-14,16,18H,3,6-7,9-10H2,1H3. The fourth-order valence-corrected chi connectivity index (χ4v) is 2.46. The summed E-state index contributed by atoms with van der Waals surface area (Å²) in [4.78, 5) is 2.33. The first-order chi connectivity index (χ1) is 8.66. The summed E-state index contributed by atoms with van der Waals surface area (Å²) in [5, 5.41) is 13.2. The lowest BCUT2D eigenvalue weighted by Crippen LogP contribution is -2.37. The number of halogens is 1. The van der Waals surface area contributed by atoms with Crippen molar-refractivity contribution in [3.63, 3.8) is 0 Å². The van der Waals surface area contributed by atoms with Crippen molar-refractivity contribution in [3.05, 3.63) is 35.6 Å². The highest BCUT2D eigenvalue weighted by atomic mass is 19.1. The zero-order valence-electron chi connectivity index (χ0n) is 10.8. The first-order valence-electron chi connectivity index (χ1n) is 6.51. The van der Waals surface area contributed by atoms with Crippen molar-refractivity contribution >= 4 is 0 Å². The van der Waals surface area contributed by atoms with Crippen LogP contribution in [0.5, 0.6) is 0 Å². The van der Waals surface area contributed by atoms with Crippen molar-refractivity contribution < 1.29 is 9.50 Å². The first kappa shape index (κ1) is 13.5. The van der Waals surface area contributed by atoms with Crippen LogP contribution in [0.15, 0.2) is 24.3 Å². The number of aliphatic hydroxyl groups excluding tert-OH is 1. The molecule has 18 heavy (non-hydrogen) atoms. The Morgan fingerprint density at radius 1 is 1.56 bits per heavy atom. The van der Waals surface area contributed by atoms with Gasteiger partial charge in [-0.25, -0.2) is 4.39 Å². The zero-order valence-corrected chi connectivity index (χ0v) is 10.8. The summed E-state index contributed by atoms with van der Waals surface area (Å²) in [5.41, 5.74) is 0.627. The third kappa shape index (κ3) is 3.51. The van der Waals surface area contributed by atoms with Crippen LogP contribution in [0.3, 0.4) is 0 Å². The Bertz CT molecular complexity index is 386. The molecule has 2 atom stereocenters. The molecule has 1 aliphatic heterocycles. The van der Waals surface area contributed by atoms with Crippen molar-refractivity contribution in [1.82, 2.24) is 10.2 Å². The lowest BCUT2D eigenvalue weighted by molar-refractivity contribution is 0.170. The van der Waals surface area contributed by atoms with Gasteiger partial charge in [-0.3, -0.25) is 0 Å². The maximum Gasteiger partial charge on any atom is 0.123 e. The van der Waals surface area contributed by atoms with E-state index >= 15 is 0 Å². The second kappa shape index (κ2) is 6.27. The van der Waals surface area contributed by atoms with Crippen LogP contribution in [0.2, 0.25) is 0 Å². The molecule has 1 heterocycles. The van der Waals surface area contributed by atoms with Gasteiger partial charge < -0.3 is 15.3 Å². The van der Waals surface area contributed by atoms with E-state index < -0.39 is 6.10 Å². The molecular formula is C14H21FN2O. The quantitative estimate of drug-likeness (QED) is 0.834. The van der Waals surface area contributed by atoms with E-state index in [2.05, 4.69) is 17.3 Å². The van der Waals surface area contributed by atoms with Crippen LogP contribution in [-0.4, -0.2) is 42.7 Å². The Morgan fingerprint density at radius 2 is 2.39 bits per heavy atom. The van der Waals surface area contributed by atoms with E-state index in [0.717, 1.165) is 13.1 Å². The summed E-state index contributed by atoms with van der Waals surface area (Å²) in [6.45, 7) is 2.50. The van der Waals surface area contributed by atoms with E-state index in [4.69, 9.17) is 0 Å². The summed E-state index contributed by atoms with van der Waals surface area (Å²) in [6.07, 6.45) is 1.81. The molecule has 0 spiro atoms. The van der Waals surface area contributed by atoms with Crippen LogP contribution >= 0.6 is 0 Å². The van der Waals surface area contributed by atoms with Crippen LogP contribution in [0.1, 0.15) is 24.5 Å². The highest BCUT2D eigenvalue weighted by Gasteiger charge is 2.20. The maximum atomic E-state index is 13.0. The molecule has 0 bridgehead atoms. The molecule has 3 nitrogen and oxygen atoms in total. The zero-order chi connectivity index (χ0) is 13.0. The number of nitrogens with zero attached hydrogens (tertiary/aromatic N) is 1. The molecule has 0 saturated carbocycles. The third-order valence-electron chi connectivity index (χ3n) is 3.62.